The highest BCUT2D eigenvalue weighted by atomic mass is 35.5. The van der Waals surface area contributed by atoms with Crippen LogP contribution in [0.5, 0.6) is 0 Å². The average molecular weight is 420 g/mol. The van der Waals surface area contributed by atoms with Crippen LogP contribution in [-0.4, -0.2) is 15.0 Å². The average Bonchev–Trinajstić information content (AvgIpc) is 3.07. The van der Waals surface area contributed by atoms with Crippen molar-refractivity contribution in [1.82, 2.24) is 15.0 Å². The monoisotopic (exact) mass is 419 g/mol. The van der Waals surface area contributed by atoms with Crippen LogP contribution in [-0.2, 0) is 0 Å². The Hall–Kier alpha value is -2.46. The summed E-state index contributed by atoms with van der Waals surface area (Å²) >= 11 is 6.14. The molecular formula is C25H23ClFN3. The zero-order valence-electron chi connectivity index (χ0n) is 16.8. The largest absolute Gasteiger partial charge is 0.342 e. The van der Waals surface area contributed by atoms with Gasteiger partial charge in [0, 0.05) is 22.5 Å². The third kappa shape index (κ3) is 2.84. The van der Waals surface area contributed by atoms with Crippen molar-refractivity contribution in [1.29, 1.82) is 0 Å². The van der Waals surface area contributed by atoms with E-state index < -0.39 is 0 Å². The quantitative estimate of drug-likeness (QED) is 0.393. The number of H-pyrrole nitrogens is 1. The molecule has 6 rings (SSSR count). The molecule has 0 radical (unpaired) electrons. The third-order valence-corrected chi connectivity index (χ3v) is 7.64. The van der Waals surface area contributed by atoms with Crippen LogP contribution in [0.1, 0.15) is 49.4 Å². The number of hydrogen-bond acceptors (Lipinski definition) is 2. The van der Waals surface area contributed by atoms with Crippen LogP contribution >= 0.6 is 11.6 Å². The summed E-state index contributed by atoms with van der Waals surface area (Å²) in [6.07, 6.45) is 5.30. The Morgan fingerprint density at radius 3 is 2.70 bits per heavy atom. The van der Waals surface area contributed by atoms with Crippen LogP contribution in [0.4, 0.5) is 4.39 Å². The van der Waals surface area contributed by atoms with E-state index in [0.717, 1.165) is 51.0 Å². The fourth-order valence-electron chi connectivity index (χ4n) is 6.06. The minimum Gasteiger partial charge on any atom is -0.342 e. The van der Waals surface area contributed by atoms with E-state index >= 15 is 0 Å². The van der Waals surface area contributed by atoms with E-state index in [1.807, 2.05) is 24.4 Å². The Morgan fingerprint density at radius 2 is 1.90 bits per heavy atom. The van der Waals surface area contributed by atoms with Crippen LogP contribution in [0, 0.1) is 23.6 Å². The van der Waals surface area contributed by atoms with E-state index in [1.165, 1.54) is 24.5 Å². The molecule has 0 aliphatic heterocycles. The molecule has 5 heteroatoms. The molecule has 2 heterocycles. The lowest BCUT2D eigenvalue weighted by Gasteiger charge is -2.20. The molecule has 4 aromatic rings. The summed E-state index contributed by atoms with van der Waals surface area (Å²) in [6.45, 7) is 2.26. The Bertz CT molecular complexity index is 1250. The zero-order chi connectivity index (χ0) is 20.4. The topological polar surface area (TPSA) is 41.6 Å². The summed E-state index contributed by atoms with van der Waals surface area (Å²) in [5.74, 6) is 4.01. The van der Waals surface area contributed by atoms with Crippen LogP contribution in [0.25, 0.3) is 21.9 Å². The highest BCUT2D eigenvalue weighted by Crippen LogP contribution is 2.67. The van der Waals surface area contributed by atoms with Crippen molar-refractivity contribution in [2.45, 2.75) is 38.0 Å². The normalized spacial score (nSPS) is 26.2. The molecule has 3 nitrogen and oxygen atoms in total. The Morgan fingerprint density at radius 1 is 1.10 bits per heavy atom. The maximum atomic E-state index is 13.9. The van der Waals surface area contributed by atoms with Gasteiger partial charge in [-0.15, -0.1) is 0 Å². The second-order valence-electron chi connectivity index (χ2n) is 8.93. The van der Waals surface area contributed by atoms with Crippen molar-refractivity contribution in [2.24, 2.45) is 17.8 Å². The first-order chi connectivity index (χ1) is 14.6. The maximum Gasteiger partial charge on any atom is 0.123 e. The molecule has 0 bridgehead atoms. The summed E-state index contributed by atoms with van der Waals surface area (Å²) in [5.41, 5.74) is 4.15. The summed E-state index contributed by atoms with van der Waals surface area (Å²) in [6, 6.07) is 12.9. The van der Waals surface area contributed by atoms with Gasteiger partial charge in [-0.25, -0.2) is 9.37 Å². The van der Waals surface area contributed by atoms with E-state index in [9.17, 15) is 4.39 Å². The molecule has 2 aromatic carbocycles. The number of imidazole rings is 1. The van der Waals surface area contributed by atoms with Crippen molar-refractivity contribution >= 4 is 33.5 Å². The van der Waals surface area contributed by atoms with Gasteiger partial charge in [0.2, 0.25) is 0 Å². The fourth-order valence-corrected chi connectivity index (χ4v) is 6.24. The molecule has 5 atom stereocenters. The molecule has 3 unspecified atom stereocenters. The smallest absolute Gasteiger partial charge is 0.123 e. The predicted molar refractivity (Wildman–Crippen MR) is 118 cm³/mol. The van der Waals surface area contributed by atoms with E-state index in [-0.39, 0.29) is 5.82 Å². The van der Waals surface area contributed by atoms with Gasteiger partial charge in [-0.3, -0.25) is 4.98 Å². The second-order valence-corrected chi connectivity index (χ2v) is 9.37. The van der Waals surface area contributed by atoms with Crippen LogP contribution in [0.3, 0.4) is 0 Å². The van der Waals surface area contributed by atoms with Crippen molar-refractivity contribution < 1.29 is 4.39 Å². The highest BCUT2D eigenvalue weighted by Gasteiger charge is 2.59. The number of nitrogens with one attached hydrogen (secondary N) is 1. The van der Waals surface area contributed by atoms with Gasteiger partial charge in [-0.1, -0.05) is 18.5 Å². The SMILES string of the molecule is CCC(c1nc2ccc(Cl)cc2[nH]1)C1[C@H]2CC(c3ccnc4ccc(F)cc34)C[C@@H]12. The van der Waals surface area contributed by atoms with Crippen molar-refractivity contribution in [3.05, 3.63) is 70.9 Å². The van der Waals surface area contributed by atoms with Crippen LogP contribution in [0.2, 0.25) is 5.02 Å². The molecule has 2 saturated carbocycles. The first-order valence-electron chi connectivity index (χ1n) is 10.8. The van der Waals surface area contributed by atoms with Crippen molar-refractivity contribution in [2.75, 3.05) is 0 Å². The number of aromatic nitrogens is 3. The molecule has 1 N–H and O–H groups in total. The Labute approximate surface area is 179 Å². The minimum atomic E-state index is -0.186. The van der Waals surface area contributed by atoms with E-state index in [2.05, 4.69) is 23.0 Å². The molecule has 0 amide bonds. The van der Waals surface area contributed by atoms with Crippen molar-refractivity contribution in [3.63, 3.8) is 0 Å². The number of pyridine rings is 1. The maximum absolute atomic E-state index is 13.9. The van der Waals surface area contributed by atoms with Gasteiger partial charge in [-0.2, -0.15) is 0 Å². The van der Waals surface area contributed by atoms with E-state index in [4.69, 9.17) is 16.6 Å². The molecule has 152 valence electrons. The zero-order valence-corrected chi connectivity index (χ0v) is 17.5. The number of nitrogens with zero attached hydrogens (tertiary/aromatic N) is 2. The molecule has 2 fully saturated rings. The summed E-state index contributed by atoms with van der Waals surface area (Å²) in [7, 11) is 0. The molecular weight excluding hydrogens is 397 g/mol. The van der Waals surface area contributed by atoms with Gasteiger partial charge in [0.25, 0.3) is 0 Å². The molecule has 30 heavy (non-hydrogen) atoms. The Kier molecular flexibility index (Phi) is 4.14. The Balaban J connectivity index is 1.25. The van der Waals surface area contributed by atoms with E-state index in [1.54, 1.807) is 12.1 Å². The fraction of sp³-hybridized carbons (Fsp3) is 0.360. The summed E-state index contributed by atoms with van der Waals surface area (Å²) in [5, 5.41) is 1.71. The second kappa shape index (κ2) is 6.78. The number of fused-ring (bicyclic) bond motifs is 3. The van der Waals surface area contributed by atoms with Crippen molar-refractivity contribution in [3.8, 4) is 0 Å². The standard InChI is InChI=1S/C25H23ClFN3/c1-2-16(25-29-22-5-3-14(26)11-23(22)30-25)24-19-9-13(10-20(19)24)17-7-8-28-21-6-4-15(27)12-18(17)21/h3-8,11-13,16,19-20,24H,2,9-10H2,1H3,(H,29,30)/t13?,16?,19-,20+,24?. The molecule has 0 saturated heterocycles. The van der Waals surface area contributed by atoms with Gasteiger partial charge >= 0.3 is 0 Å². The van der Waals surface area contributed by atoms with Gasteiger partial charge in [0.15, 0.2) is 0 Å². The van der Waals surface area contributed by atoms with Crippen LogP contribution in [0.15, 0.2) is 48.7 Å². The number of benzene rings is 2. The van der Waals surface area contributed by atoms with Gasteiger partial charge in [0.1, 0.15) is 11.6 Å². The first kappa shape index (κ1) is 18.3. The first-order valence-corrected chi connectivity index (χ1v) is 11.2. The third-order valence-electron chi connectivity index (χ3n) is 7.41. The number of rotatable bonds is 4. The van der Waals surface area contributed by atoms with Gasteiger partial charge in [0.05, 0.1) is 16.6 Å². The molecule has 0 spiro atoms. The predicted octanol–water partition coefficient (Wildman–Crippen LogP) is 6.84. The highest BCUT2D eigenvalue weighted by molar-refractivity contribution is 6.31. The van der Waals surface area contributed by atoms with Gasteiger partial charge < -0.3 is 4.98 Å². The molecule has 2 aliphatic rings. The number of halogens is 2. The summed E-state index contributed by atoms with van der Waals surface area (Å²) < 4.78 is 13.9. The number of hydrogen-bond donors (Lipinski definition) is 1. The molecule has 2 aromatic heterocycles. The van der Waals surface area contributed by atoms with Crippen LogP contribution < -0.4 is 0 Å². The van der Waals surface area contributed by atoms with Gasteiger partial charge in [-0.05, 0) is 91.0 Å². The lowest BCUT2D eigenvalue weighted by atomic mass is 9.86. The lowest BCUT2D eigenvalue weighted by molar-refractivity contribution is 0.443. The minimum absolute atomic E-state index is 0.186. The van der Waals surface area contributed by atoms with E-state index in [0.29, 0.717) is 17.8 Å². The molecule has 2 aliphatic carbocycles. The lowest BCUT2D eigenvalue weighted by Crippen LogP contribution is -2.09. The number of aromatic amines is 1. The summed E-state index contributed by atoms with van der Waals surface area (Å²) in [4.78, 5) is 12.8.